The molecule has 26 heavy (non-hydrogen) atoms. The quantitative estimate of drug-likeness (QED) is 0.749. The summed E-state index contributed by atoms with van der Waals surface area (Å²) in [4.78, 5) is 26.0. The van der Waals surface area contributed by atoms with Crippen molar-refractivity contribution in [2.45, 2.75) is 58.4 Å². The van der Waals surface area contributed by atoms with E-state index in [1.165, 1.54) is 43.4 Å². The molecule has 0 bridgehead atoms. The van der Waals surface area contributed by atoms with Gasteiger partial charge < -0.3 is 15.5 Å². The molecule has 0 spiro atoms. The van der Waals surface area contributed by atoms with Gasteiger partial charge in [0.25, 0.3) is 5.91 Å². The van der Waals surface area contributed by atoms with E-state index in [1.807, 2.05) is 32.0 Å². The van der Waals surface area contributed by atoms with Crippen LogP contribution < -0.4 is 15.5 Å². The first-order valence-corrected chi connectivity index (χ1v) is 10.0. The van der Waals surface area contributed by atoms with Crippen molar-refractivity contribution >= 4 is 17.5 Å². The Morgan fingerprint density at radius 2 is 1.73 bits per heavy atom. The number of piperidine rings is 1. The average Bonchev–Trinajstić information content (AvgIpc) is 2.63. The Balaban J connectivity index is 1.47. The number of nitrogens with one attached hydrogen (secondary N) is 3. The molecule has 3 atom stereocenters. The fraction of sp³-hybridized carbons (Fsp3) is 0.619. The van der Waals surface area contributed by atoms with E-state index < -0.39 is 0 Å². The molecule has 1 heterocycles. The van der Waals surface area contributed by atoms with Crippen LogP contribution in [0.15, 0.2) is 18.2 Å². The van der Waals surface area contributed by atoms with Crippen molar-refractivity contribution < 1.29 is 14.5 Å². The summed E-state index contributed by atoms with van der Waals surface area (Å²) in [7, 11) is 0. The number of likely N-dealkylation sites (tertiary alicyclic amines) is 1. The number of hydrogen-bond donors (Lipinski definition) is 3. The van der Waals surface area contributed by atoms with Crippen LogP contribution in [0, 0.1) is 19.8 Å². The Morgan fingerprint density at radius 3 is 2.50 bits per heavy atom. The largest absolute Gasteiger partial charge is 0.342 e. The molecule has 5 nitrogen and oxygen atoms in total. The van der Waals surface area contributed by atoms with Crippen molar-refractivity contribution in [3.05, 3.63) is 29.3 Å². The second kappa shape index (κ2) is 8.67. The maximum Gasteiger partial charge on any atom is 0.275 e. The maximum absolute atomic E-state index is 12.4. The fourth-order valence-electron chi connectivity index (χ4n) is 4.73. The van der Waals surface area contributed by atoms with E-state index in [0.717, 1.165) is 29.3 Å². The van der Waals surface area contributed by atoms with Crippen molar-refractivity contribution in [2.24, 2.45) is 5.92 Å². The Morgan fingerprint density at radius 1 is 1.04 bits per heavy atom. The highest BCUT2D eigenvalue weighted by Crippen LogP contribution is 2.28. The lowest BCUT2D eigenvalue weighted by atomic mass is 9.78. The van der Waals surface area contributed by atoms with Crippen molar-refractivity contribution in [3.63, 3.8) is 0 Å². The topological polar surface area (TPSA) is 62.6 Å². The van der Waals surface area contributed by atoms with Gasteiger partial charge in [0.15, 0.2) is 6.54 Å². The lowest BCUT2D eigenvalue weighted by molar-refractivity contribution is -0.928. The molecular weight excluding hydrogens is 326 g/mol. The molecule has 1 aliphatic heterocycles. The van der Waals surface area contributed by atoms with Gasteiger partial charge in [-0.05, 0) is 57.1 Å². The van der Waals surface area contributed by atoms with Gasteiger partial charge in [-0.3, -0.25) is 9.59 Å². The number of para-hydroxylation sites is 1. The molecule has 2 aliphatic rings. The first-order valence-electron chi connectivity index (χ1n) is 10.0. The van der Waals surface area contributed by atoms with E-state index in [4.69, 9.17) is 0 Å². The number of benzene rings is 1. The minimum Gasteiger partial charge on any atom is -0.342 e. The summed E-state index contributed by atoms with van der Waals surface area (Å²) in [6, 6.07) is 6.57. The zero-order valence-electron chi connectivity index (χ0n) is 16.1. The van der Waals surface area contributed by atoms with Crippen LogP contribution in [-0.4, -0.2) is 37.5 Å². The van der Waals surface area contributed by atoms with Crippen LogP contribution in [0.25, 0.3) is 0 Å². The first kappa shape index (κ1) is 18.9. The number of amides is 2. The number of quaternary nitrogens is 1. The third-order valence-electron chi connectivity index (χ3n) is 6.09. The monoisotopic (exact) mass is 358 g/mol. The number of anilines is 1. The van der Waals surface area contributed by atoms with Gasteiger partial charge in [0.2, 0.25) is 5.91 Å². The molecule has 3 rings (SSSR count). The van der Waals surface area contributed by atoms with Gasteiger partial charge in [-0.1, -0.05) is 24.6 Å². The normalized spacial score (nSPS) is 25.2. The molecule has 5 heteroatoms. The number of aryl methyl sites for hydroxylation is 2. The Hall–Kier alpha value is -1.88. The summed E-state index contributed by atoms with van der Waals surface area (Å²) in [6.07, 6.45) is 7.77. The predicted octanol–water partition coefficient (Wildman–Crippen LogP) is 1.60. The summed E-state index contributed by atoms with van der Waals surface area (Å²) in [6.45, 7) is 5.57. The zero-order chi connectivity index (χ0) is 18.5. The van der Waals surface area contributed by atoms with Gasteiger partial charge in [-0.15, -0.1) is 0 Å². The molecule has 1 aromatic carbocycles. The van der Waals surface area contributed by atoms with Gasteiger partial charge >= 0.3 is 0 Å². The summed E-state index contributed by atoms with van der Waals surface area (Å²) in [5.41, 5.74) is 2.91. The number of fused-ring (bicyclic) bond motifs is 1. The molecule has 2 amide bonds. The fourth-order valence-corrected chi connectivity index (χ4v) is 4.73. The van der Waals surface area contributed by atoms with E-state index in [0.29, 0.717) is 12.6 Å². The van der Waals surface area contributed by atoms with Gasteiger partial charge in [0.05, 0.1) is 19.1 Å². The second-order valence-electron chi connectivity index (χ2n) is 7.97. The van der Waals surface area contributed by atoms with Gasteiger partial charge in [0.1, 0.15) is 0 Å². The highest BCUT2D eigenvalue weighted by Gasteiger charge is 2.37. The zero-order valence-corrected chi connectivity index (χ0v) is 16.1. The molecule has 142 valence electrons. The highest BCUT2D eigenvalue weighted by atomic mass is 16.2. The summed E-state index contributed by atoms with van der Waals surface area (Å²) in [5.74, 6) is 0.621. The maximum atomic E-state index is 12.4. The third-order valence-corrected chi connectivity index (χ3v) is 6.09. The predicted molar refractivity (Wildman–Crippen MR) is 103 cm³/mol. The van der Waals surface area contributed by atoms with Crippen LogP contribution in [0.1, 0.15) is 49.7 Å². The van der Waals surface area contributed by atoms with E-state index in [-0.39, 0.29) is 18.4 Å². The molecule has 0 radical (unpaired) electrons. The van der Waals surface area contributed by atoms with Gasteiger partial charge in [0, 0.05) is 11.6 Å². The minimum atomic E-state index is -0.167. The minimum absolute atomic E-state index is 0.0112. The molecule has 0 aromatic heterocycles. The molecule has 2 fully saturated rings. The molecular formula is C21H32N3O2+. The van der Waals surface area contributed by atoms with Crippen molar-refractivity contribution in [3.8, 4) is 0 Å². The van der Waals surface area contributed by atoms with Crippen molar-refractivity contribution in [1.29, 1.82) is 0 Å². The number of carbonyl (C=O) groups excluding carboxylic acids is 2. The highest BCUT2D eigenvalue weighted by molar-refractivity contribution is 5.95. The lowest BCUT2D eigenvalue weighted by Gasteiger charge is -2.40. The van der Waals surface area contributed by atoms with Crippen LogP contribution in [0.3, 0.4) is 0 Å². The van der Waals surface area contributed by atoms with Crippen LogP contribution in [-0.2, 0) is 9.59 Å². The van der Waals surface area contributed by atoms with E-state index in [9.17, 15) is 9.59 Å². The molecule has 1 aliphatic carbocycles. The van der Waals surface area contributed by atoms with Crippen molar-refractivity contribution in [1.82, 2.24) is 5.32 Å². The molecule has 1 saturated carbocycles. The van der Waals surface area contributed by atoms with Crippen LogP contribution >= 0.6 is 0 Å². The lowest BCUT2D eigenvalue weighted by Crippen LogP contribution is -3.18. The van der Waals surface area contributed by atoms with Crippen LogP contribution in [0.5, 0.6) is 0 Å². The first-order chi connectivity index (χ1) is 12.5. The molecule has 1 saturated heterocycles. The summed E-state index contributed by atoms with van der Waals surface area (Å²) >= 11 is 0. The number of carbonyl (C=O) groups is 2. The summed E-state index contributed by atoms with van der Waals surface area (Å²) in [5, 5.41) is 5.73. The van der Waals surface area contributed by atoms with E-state index in [2.05, 4.69) is 10.6 Å². The molecule has 1 unspecified atom stereocenters. The SMILES string of the molecule is Cc1cccc(C)c1NC(=O)CNC(=O)C[NH+]1CCC[C@@H]2CCCC[C@@H]21. The summed E-state index contributed by atoms with van der Waals surface area (Å²) < 4.78 is 0. The molecule has 1 aromatic rings. The second-order valence-corrected chi connectivity index (χ2v) is 7.97. The van der Waals surface area contributed by atoms with Gasteiger partial charge in [-0.25, -0.2) is 0 Å². The van der Waals surface area contributed by atoms with Gasteiger partial charge in [-0.2, -0.15) is 0 Å². The molecule has 3 N–H and O–H groups in total. The smallest absolute Gasteiger partial charge is 0.275 e. The van der Waals surface area contributed by atoms with E-state index in [1.54, 1.807) is 0 Å². The average molecular weight is 359 g/mol. The Bertz CT molecular complexity index is 636. The Kier molecular flexibility index (Phi) is 6.30. The number of rotatable bonds is 5. The van der Waals surface area contributed by atoms with Crippen LogP contribution in [0.4, 0.5) is 5.69 Å². The number of hydrogen-bond acceptors (Lipinski definition) is 2. The van der Waals surface area contributed by atoms with Crippen molar-refractivity contribution in [2.75, 3.05) is 25.0 Å². The van der Waals surface area contributed by atoms with Crippen LogP contribution in [0.2, 0.25) is 0 Å². The third kappa shape index (κ3) is 4.64. The Labute approximate surface area is 156 Å². The van der Waals surface area contributed by atoms with E-state index >= 15 is 0 Å². The standard InChI is InChI=1S/C21H31N3O2/c1-15-7-5-8-16(2)21(15)23-19(25)13-22-20(26)14-24-12-6-10-17-9-3-4-11-18(17)24/h5,7-8,17-18H,3-4,6,9-14H2,1-2H3,(H,22,26)(H,23,25)/p+1/t17-,18-/m0/s1.